The van der Waals surface area contributed by atoms with Crippen LogP contribution < -0.4 is 5.32 Å². The summed E-state index contributed by atoms with van der Waals surface area (Å²) in [6.07, 6.45) is 1.52. The number of carbonyl (C=O) groups is 1. The van der Waals surface area contributed by atoms with E-state index in [4.69, 9.17) is 16.3 Å². The number of nitrogens with one attached hydrogen (secondary N) is 1. The summed E-state index contributed by atoms with van der Waals surface area (Å²) in [6, 6.07) is 1.62. The molecule has 0 aliphatic rings. The van der Waals surface area contributed by atoms with Gasteiger partial charge in [-0.3, -0.25) is 4.79 Å². The van der Waals surface area contributed by atoms with Gasteiger partial charge in [0.05, 0.1) is 11.6 Å². The van der Waals surface area contributed by atoms with Crippen molar-refractivity contribution in [2.75, 3.05) is 20.3 Å². The molecule has 1 amide bonds. The molecule has 0 fully saturated rings. The average Bonchev–Trinajstić information content (AvgIpc) is 2.17. The number of hydrogen-bond acceptors (Lipinski definition) is 3. The Morgan fingerprint density at radius 2 is 2.47 bits per heavy atom. The van der Waals surface area contributed by atoms with Gasteiger partial charge in [0.1, 0.15) is 5.69 Å². The molecule has 0 bridgehead atoms. The van der Waals surface area contributed by atoms with Crippen molar-refractivity contribution in [3.63, 3.8) is 0 Å². The predicted octanol–water partition coefficient (Wildman–Crippen LogP) is 1.87. The lowest BCUT2D eigenvalue weighted by Crippen LogP contribution is -2.27. The van der Waals surface area contributed by atoms with E-state index in [0.29, 0.717) is 18.2 Å². The van der Waals surface area contributed by atoms with Crippen LogP contribution in [0.1, 0.15) is 10.5 Å². The number of ether oxygens (including phenoxy) is 1. The van der Waals surface area contributed by atoms with Gasteiger partial charge < -0.3 is 10.1 Å². The minimum absolute atomic E-state index is 0.218. The van der Waals surface area contributed by atoms with Crippen LogP contribution in [-0.2, 0) is 4.74 Å². The van der Waals surface area contributed by atoms with Crippen molar-refractivity contribution in [3.05, 3.63) is 27.5 Å². The molecule has 1 aromatic rings. The molecule has 0 saturated carbocycles. The Labute approximate surface area is 101 Å². The first-order valence-electron chi connectivity index (χ1n) is 4.23. The molecule has 1 N–H and O–H groups in total. The van der Waals surface area contributed by atoms with Crippen LogP contribution in [-0.4, -0.2) is 31.2 Å². The van der Waals surface area contributed by atoms with Gasteiger partial charge in [0.15, 0.2) is 0 Å². The van der Waals surface area contributed by atoms with E-state index < -0.39 is 0 Å². The van der Waals surface area contributed by atoms with Crippen molar-refractivity contribution in [3.8, 4) is 0 Å². The molecule has 0 aromatic carbocycles. The predicted molar refractivity (Wildman–Crippen MR) is 61.2 cm³/mol. The van der Waals surface area contributed by atoms with Crippen molar-refractivity contribution >= 4 is 33.4 Å². The number of carbonyl (C=O) groups excluding carboxylic acids is 1. The summed E-state index contributed by atoms with van der Waals surface area (Å²) in [7, 11) is 1.57. The molecule has 1 aromatic heterocycles. The summed E-state index contributed by atoms with van der Waals surface area (Å²) in [5, 5.41) is 2.95. The highest BCUT2D eigenvalue weighted by Gasteiger charge is 2.11. The lowest BCUT2D eigenvalue weighted by atomic mass is 10.3. The van der Waals surface area contributed by atoms with E-state index in [1.54, 1.807) is 13.2 Å². The summed E-state index contributed by atoms with van der Waals surface area (Å²) in [5.74, 6) is -0.301. The lowest BCUT2D eigenvalue weighted by Gasteiger charge is -2.05. The molecule has 6 heteroatoms. The number of nitrogens with zero attached hydrogens (tertiary/aromatic N) is 1. The summed E-state index contributed by atoms with van der Waals surface area (Å²) >= 11 is 9.06. The van der Waals surface area contributed by atoms with Crippen LogP contribution in [0.15, 0.2) is 16.7 Å². The van der Waals surface area contributed by atoms with E-state index in [1.165, 1.54) is 6.20 Å². The summed E-state index contributed by atoms with van der Waals surface area (Å²) in [4.78, 5) is 15.4. The van der Waals surface area contributed by atoms with Crippen LogP contribution in [0.3, 0.4) is 0 Å². The zero-order valence-electron chi connectivity index (χ0n) is 8.09. The Balaban J connectivity index is 2.65. The van der Waals surface area contributed by atoms with Crippen molar-refractivity contribution in [1.29, 1.82) is 0 Å². The number of hydrogen-bond donors (Lipinski definition) is 1. The van der Waals surface area contributed by atoms with E-state index in [1.807, 2.05) is 0 Å². The van der Waals surface area contributed by atoms with Gasteiger partial charge in [-0.05, 0) is 22.0 Å². The lowest BCUT2D eigenvalue weighted by molar-refractivity contribution is 0.0932. The second-order valence-corrected chi connectivity index (χ2v) is 4.06. The SMILES string of the molecule is COCCNC(=O)c1ncc(Br)cc1Cl. The Morgan fingerprint density at radius 1 is 1.73 bits per heavy atom. The fourth-order valence-corrected chi connectivity index (χ4v) is 1.65. The quantitative estimate of drug-likeness (QED) is 0.862. The van der Waals surface area contributed by atoms with Crippen molar-refractivity contribution < 1.29 is 9.53 Å². The van der Waals surface area contributed by atoms with Crippen LogP contribution >= 0.6 is 27.5 Å². The third-order valence-corrected chi connectivity index (χ3v) is 2.34. The van der Waals surface area contributed by atoms with E-state index >= 15 is 0 Å². The molecule has 0 unspecified atom stereocenters. The highest BCUT2D eigenvalue weighted by atomic mass is 79.9. The number of halogens is 2. The zero-order valence-corrected chi connectivity index (χ0v) is 10.4. The molecular formula is C9H10BrClN2O2. The molecule has 0 spiro atoms. The van der Waals surface area contributed by atoms with Gasteiger partial charge in [0, 0.05) is 24.3 Å². The topological polar surface area (TPSA) is 51.2 Å². The van der Waals surface area contributed by atoms with Crippen LogP contribution in [0.25, 0.3) is 0 Å². The van der Waals surface area contributed by atoms with Gasteiger partial charge in [-0.2, -0.15) is 0 Å². The maximum atomic E-state index is 11.5. The van der Waals surface area contributed by atoms with Crippen LogP contribution in [0.2, 0.25) is 5.02 Å². The first-order chi connectivity index (χ1) is 7.15. The minimum atomic E-state index is -0.301. The monoisotopic (exact) mass is 292 g/mol. The van der Waals surface area contributed by atoms with E-state index in [-0.39, 0.29) is 11.6 Å². The molecule has 0 atom stereocenters. The van der Waals surface area contributed by atoms with Crippen molar-refractivity contribution in [1.82, 2.24) is 10.3 Å². The van der Waals surface area contributed by atoms with E-state index in [9.17, 15) is 4.79 Å². The van der Waals surface area contributed by atoms with Crippen LogP contribution in [0.5, 0.6) is 0 Å². The van der Waals surface area contributed by atoms with Gasteiger partial charge in [0.2, 0.25) is 0 Å². The fraction of sp³-hybridized carbons (Fsp3) is 0.333. The van der Waals surface area contributed by atoms with Crippen molar-refractivity contribution in [2.24, 2.45) is 0 Å². The molecular weight excluding hydrogens is 283 g/mol. The summed E-state index contributed by atoms with van der Waals surface area (Å²) in [6.45, 7) is 0.892. The highest BCUT2D eigenvalue weighted by Crippen LogP contribution is 2.18. The molecule has 1 rings (SSSR count). The zero-order chi connectivity index (χ0) is 11.3. The number of rotatable bonds is 4. The minimum Gasteiger partial charge on any atom is -0.383 e. The molecule has 15 heavy (non-hydrogen) atoms. The molecule has 0 aliphatic heterocycles. The van der Waals surface area contributed by atoms with Gasteiger partial charge in [-0.25, -0.2) is 4.98 Å². The number of amides is 1. The molecule has 0 aliphatic carbocycles. The number of pyridine rings is 1. The van der Waals surface area contributed by atoms with Gasteiger partial charge in [0.25, 0.3) is 5.91 Å². The average molecular weight is 294 g/mol. The smallest absolute Gasteiger partial charge is 0.271 e. The summed E-state index contributed by atoms with van der Waals surface area (Å²) in [5.41, 5.74) is 0.218. The molecule has 1 heterocycles. The summed E-state index contributed by atoms with van der Waals surface area (Å²) < 4.78 is 5.54. The van der Waals surface area contributed by atoms with Gasteiger partial charge >= 0.3 is 0 Å². The number of methoxy groups -OCH3 is 1. The highest BCUT2D eigenvalue weighted by molar-refractivity contribution is 9.10. The second kappa shape index (κ2) is 6.05. The van der Waals surface area contributed by atoms with Crippen LogP contribution in [0, 0.1) is 0 Å². The normalized spacial score (nSPS) is 10.1. The second-order valence-electron chi connectivity index (χ2n) is 2.73. The number of aromatic nitrogens is 1. The first kappa shape index (κ1) is 12.4. The van der Waals surface area contributed by atoms with Gasteiger partial charge in [-0.1, -0.05) is 11.6 Å². The van der Waals surface area contributed by atoms with E-state index in [2.05, 4.69) is 26.2 Å². The molecule has 82 valence electrons. The van der Waals surface area contributed by atoms with E-state index in [0.717, 1.165) is 4.47 Å². The fourth-order valence-electron chi connectivity index (χ4n) is 0.932. The molecule has 0 radical (unpaired) electrons. The molecule has 0 saturated heterocycles. The Kier molecular flexibility index (Phi) is 5.01. The third kappa shape index (κ3) is 3.77. The Bertz CT molecular complexity index is 360. The third-order valence-electron chi connectivity index (χ3n) is 1.61. The Morgan fingerprint density at radius 3 is 3.07 bits per heavy atom. The maximum Gasteiger partial charge on any atom is 0.271 e. The van der Waals surface area contributed by atoms with Gasteiger partial charge in [-0.15, -0.1) is 0 Å². The standard InChI is InChI=1S/C9H10BrClN2O2/c1-15-3-2-12-9(14)8-7(11)4-6(10)5-13-8/h4-5H,2-3H2,1H3,(H,12,14). The van der Waals surface area contributed by atoms with Crippen molar-refractivity contribution in [2.45, 2.75) is 0 Å². The maximum absolute atomic E-state index is 11.5. The molecule has 4 nitrogen and oxygen atoms in total. The first-order valence-corrected chi connectivity index (χ1v) is 5.40. The Hall–Kier alpha value is -0.650. The van der Waals surface area contributed by atoms with Crippen LogP contribution in [0.4, 0.5) is 0 Å². The largest absolute Gasteiger partial charge is 0.383 e.